The van der Waals surface area contributed by atoms with E-state index in [9.17, 15) is 5.11 Å². The molecule has 2 aromatic carbocycles. The Morgan fingerprint density at radius 2 is 1.67 bits per heavy atom. The van der Waals surface area contributed by atoms with Crippen LogP contribution in [0.1, 0.15) is 11.1 Å². The molecule has 1 N–H and O–H groups in total. The van der Waals surface area contributed by atoms with E-state index in [0.717, 1.165) is 22.0 Å². The zero-order chi connectivity index (χ0) is 14.8. The van der Waals surface area contributed by atoms with Gasteiger partial charge >= 0.3 is 0 Å². The molecule has 0 aliphatic carbocycles. The highest BCUT2D eigenvalue weighted by Crippen LogP contribution is 2.30. The Morgan fingerprint density at radius 3 is 2.52 bits per heavy atom. The van der Waals surface area contributed by atoms with Crippen molar-refractivity contribution in [2.24, 2.45) is 10.2 Å². The molecule has 1 aromatic heterocycles. The summed E-state index contributed by atoms with van der Waals surface area (Å²) in [5, 5.41) is 19.2. The van der Waals surface area contributed by atoms with Crippen molar-refractivity contribution >= 4 is 22.4 Å². The van der Waals surface area contributed by atoms with Crippen molar-refractivity contribution in [3.05, 3.63) is 59.7 Å². The van der Waals surface area contributed by atoms with Gasteiger partial charge in [0, 0.05) is 5.39 Å². The van der Waals surface area contributed by atoms with Crippen LogP contribution in [0.15, 0.2) is 58.8 Å². The first-order chi connectivity index (χ1) is 10.1. The Bertz CT molecular complexity index is 841. The number of aromatic nitrogens is 1. The maximum atomic E-state index is 9.89. The lowest BCUT2D eigenvalue weighted by Gasteiger charge is -2.03. The highest BCUT2D eigenvalue weighted by Gasteiger charge is 2.03. The van der Waals surface area contributed by atoms with Gasteiger partial charge in [0.1, 0.15) is 11.4 Å². The minimum absolute atomic E-state index is 0.127. The first kappa shape index (κ1) is 13.2. The summed E-state index contributed by atoms with van der Waals surface area (Å²) >= 11 is 0. The third-order valence-electron chi connectivity index (χ3n) is 3.43. The first-order valence-corrected chi connectivity index (χ1v) is 6.71. The van der Waals surface area contributed by atoms with Gasteiger partial charge in [0.05, 0.1) is 5.52 Å². The number of fused-ring (bicyclic) bond motifs is 1. The minimum Gasteiger partial charge on any atom is -0.506 e. The molecule has 4 heteroatoms. The summed E-state index contributed by atoms with van der Waals surface area (Å²) in [5.74, 6) is 0.647. The second kappa shape index (κ2) is 5.32. The maximum absolute atomic E-state index is 9.89. The number of nitrogens with zero attached hydrogens (tertiary/aromatic N) is 3. The van der Waals surface area contributed by atoms with Crippen LogP contribution in [-0.4, -0.2) is 10.1 Å². The van der Waals surface area contributed by atoms with E-state index in [1.165, 1.54) is 0 Å². The lowest BCUT2D eigenvalue weighted by atomic mass is 10.1. The lowest BCUT2D eigenvalue weighted by Crippen LogP contribution is -1.80. The molecule has 0 saturated carbocycles. The average Bonchev–Trinajstić information content (AvgIpc) is 2.49. The van der Waals surface area contributed by atoms with Crippen LogP contribution >= 0.6 is 0 Å². The molecule has 1 heterocycles. The fourth-order valence-corrected chi connectivity index (χ4v) is 2.08. The standard InChI is InChI=1S/C17H15N3O/c1-11-9-15(16(21)10-12(11)2)19-20-17-8-7-13-5-3-4-6-14(13)18-17/h3-10,21H,1-2H3. The number of phenols is 1. The zero-order valence-electron chi connectivity index (χ0n) is 11.9. The molecule has 21 heavy (non-hydrogen) atoms. The molecular formula is C17H15N3O. The summed E-state index contributed by atoms with van der Waals surface area (Å²) < 4.78 is 0. The predicted molar refractivity (Wildman–Crippen MR) is 83.5 cm³/mol. The van der Waals surface area contributed by atoms with Crippen LogP contribution in [0.25, 0.3) is 10.9 Å². The first-order valence-electron chi connectivity index (χ1n) is 6.71. The Balaban J connectivity index is 1.96. The molecule has 0 aliphatic rings. The molecule has 3 aromatic rings. The number of azo groups is 1. The molecular weight excluding hydrogens is 262 g/mol. The molecule has 3 rings (SSSR count). The van der Waals surface area contributed by atoms with Crippen molar-refractivity contribution < 1.29 is 5.11 Å². The van der Waals surface area contributed by atoms with Gasteiger partial charge in [-0.3, -0.25) is 0 Å². The van der Waals surface area contributed by atoms with E-state index in [1.54, 1.807) is 6.07 Å². The molecule has 0 saturated heterocycles. The predicted octanol–water partition coefficient (Wildman–Crippen LogP) is 4.97. The third-order valence-corrected chi connectivity index (χ3v) is 3.43. The average molecular weight is 277 g/mol. The molecule has 0 aliphatic heterocycles. The Kier molecular flexibility index (Phi) is 3.36. The smallest absolute Gasteiger partial charge is 0.174 e. The highest BCUT2D eigenvalue weighted by atomic mass is 16.3. The summed E-state index contributed by atoms with van der Waals surface area (Å²) in [7, 11) is 0. The summed E-state index contributed by atoms with van der Waals surface area (Å²) in [6, 6.07) is 15.1. The molecule has 0 fully saturated rings. The van der Waals surface area contributed by atoms with Gasteiger partial charge in [0.2, 0.25) is 0 Å². The molecule has 104 valence electrons. The molecule has 4 nitrogen and oxygen atoms in total. The molecule has 0 radical (unpaired) electrons. The molecule has 0 bridgehead atoms. The monoisotopic (exact) mass is 277 g/mol. The van der Waals surface area contributed by atoms with Crippen LogP contribution in [0, 0.1) is 13.8 Å². The summed E-state index contributed by atoms with van der Waals surface area (Å²) in [6.45, 7) is 3.92. The van der Waals surface area contributed by atoms with Gasteiger partial charge in [-0.1, -0.05) is 18.2 Å². The number of pyridine rings is 1. The third kappa shape index (κ3) is 2.74. The molecule has 0 atom stereocenters. The van der Waals surface area contributed by atoms with Crippen LogP contribution in [-0.2, 0) is 0 Å². The van der Waals surface area contributed by atoms with Crippen molar-refractivity contribution in [2.75, 3.05) is 0 Å². The van der Waals surface area contributed by atoms with Gasteiger partial charge in [0.25, 0.3) is 0 Å². The van der Waals surface area contributed by atoms with Gasteiger partial charge in [-0.05, 0) is 55.3 Å². The SMILES string of the molecule is Cc1cc(O)c(N=Nc2ccc3ccccc3n2)cc1C. The van der Waals surface area contributed by atoms with Gasteiger partial charge in [0.15, 0.2) is 5.82 Å². The van der Waals surface area contributed by atoms with E-state index in [-0.39, 0.29) is 5.75 Å². The largest absolute Gasteiger partial charge is 0.506 e. The lowest BCUT2D eigenvalue weighted by molar-refractivity contribution is 0.476. The summed E-state index contributed by atoms with van der Waals surface area (Å²) in [4.78, 5) is 4.42. The van der Waals surface area contributed by atoms with E-state index >= 15 is 0 Å². The van der Waals surface area contributed by atoms with Crippen LogP contribution < -0.4 is 0 Å². The highest BCUT2D eigenvalue weighted by molar-refractivity contribution is 5.79. The number of benzene rings is 2. The quantitative estimate of drug-likeness (QED) is 0.672. The van der Waals surface area contributed by atoms with Crippen molar-refractivity contribution in [3.8, 4) is 5.75 Å². The summed E-state index contributed by atoms with van der Waals surface area (Å²) in [6.07, 6.45) is 0. The van der Waals surface area contributed by atoms with Gasteiger partial charge in [-0.25, -0.2) is 4.98 Å². The Morgan fingerprint density at radius 1 is 0.905 bits per heavy atom. The Hall–Kier alpha value is -2.75. The van der Waals surface area contributed by atoms with Crippen molar-refractivity contribution in [2.45, 2.75) is 13.8 Å². The van der Waals surface area contributed by atoms with E-state index in [2.05, 4.69) is 15.2 Å². The number of rotatable bonds is 2. The van der Waals surface area contributed by atoms with Crippen molar-refractivity contribution in [3.63, 3.8) is 0 Å². The van der Waals surface area contributed by atoms with Gasteiger partial charge in [-0.2, -0.15) is 0 Å². The van der Waals surface area contributed by atoms with Gasteiger partial charge < -0.3 is 5.11 Å². The molecule has 0 unspecified atom stereocenters. The summed E-state index contributed by atoms with van der Waals surface area (Å²) in [5.41, 5.74) is 3.41. The number of hydrogen-bond donors (Lipinski definition) is 1. The molecule has 0 amide bonds. The van der Waals surface area contributed by atoms with E-state index in [0.29, 0.717) is 11.5 Å². The van der Waals surface area contributed by atoms with Crippen LogP contribution in [0.4, 0.5) is 11.5 Å². The second-order valence-electron chi connectivity index (χ2n) is 4.99. The number of hydrogen-bond acceptors (Lipinski definition) is 4. The van der Waals surface area contributed by atoms with Crippen molar-refractivity contribution in [1.29, 1.82) is 0 Å². The maximum Gasteiger partial charge on any atom is 0.174 e. The fraction of sp³-hybridized carbons (Fsp3) is 0.118. The van der Waals surface area contributed by atoms with Crippen molar-refractivity contribution in [1.82, 2.24) is 4.98 Å². The zero-order valence-corrected chi connectivity index (χ0v) is 11.9. The normalized spacial score (nSPS) is 11.3. The van der Waals surface area contributed by atoms with E-state index in [1.807, 2.05) is 56.3 Å². The topological polar surface area (TPSA) is 57.8 Å². The van der Waals surface area contributed by atoms with Crippen LogP contribution in [0.5, 0.6) is 5.75 Å². The van der Waals surface area contributed by atoms with Crippen LogP contribution in [0.3, 0.4) is 0 Å². The number of aromatic hydroxyl groups is 1. The van der Waals surface area contributed by atoms with E-state index < -0.39 is 0 Å². The second-order valence-corrected chi connectivity index (χ2v) is 4.99. The Labute approximate surface area is 122 Å². The van der Waals surface area contributed by atoms with Gasteiger partial charge in [-0.15, -0.1) is 10.2 Å². The molecule has 0 spiro atoms. The number of phenolic OH excluding ortho intramolecular Hbond substituents is 1. The fourth-order valence-electron chi connectivity index (χ4n) is 2.08. The van der Waals surface area contributed by atoms with E-state index in [4.69, 9.17) is 0 Å². The number of aryl methyl sites for hydroxylation is 2. The number of para-hydroxylation sites is 1. The minimum atomic E-state index is 0.127. The van der Waals surface area contributed by atoms with Crippen LogP contribution in [0.2, 0.25) is 0 Å².